The SMILES string of the molecule is CCNC(c1cccc(C)c1C)c1cncn1C. The predicted octanol–water partition coefficient (Wildman–Crippen LogP) is 2.74. The quantitative estimate of drug-likeness (QED) is 0.895. The maximum atomic E-state index is 4.23. The molecule has 1 heterocycles. The summed E-state index contributed by atoms with van der Waals surface area (Å²) in [5, 5.41) is 3.55. The van der Waals surface area contributed by atoms with Crippen LogP contribution in [0.1, 0.15) is 35.3 Å². The van der Waals surface area contributed by atoms with Gasteiger partial charge in [0.25, 0.3) is 0 Å². The molecule has 0 bridgehead atoms. The van der Waals surface area contributed by atoms with Crippen molar-refractivity contribution in [3.05, 3.63) is 53.1 Å². The first kappa shape index (κ1) is 12.8. The number of imidazole rings is 1. The molecule has 0 aliphatic carbocycles. The second kappa shape index (κ2) is 5.36. The van der Waals surface area contributed by atoms with E-state index in [1.807, 2.05) is 19.6 Å². The second-order valence-corrected chi connectivity index (χ2v) is 4.71. The third kappa shape index (κ3) is 2.31. The normalized spacial score (nSPS) is 12.7. The molecule has 3 nitrogen and oxygen atoms in total. The lowest BCUT2D eigenvalue weighted by Gasteiger charge is -2.21. The van der Waals surface area contributed by atoms with Crippen molar-refractivity contribution in [2.24, 2.45) is 7.05 Å². The highest BCUT2D eigenvalue weighted by molar-refractivity contribution is 5.38. The molecule has 3 heteroatoms. The fourth-order valence-electron chi connectivity index (χ4n) is 2.31. The molecule has 1 aromatic carbocycles. The Bertz CT molecular complexity index is 528. The Kier molecular flexibility index (Phi) is 3.82. The number of hydrogen-bond donors (Lipinski definition) is 1. The molecule has 1 aromatic heterocycles. The van der Waals surface area contributed by atoms with Gasteiger partial charge in [0.05, 0.1) is 24.3 Å². The first-order valence-corrected chi connectivity index (χ1v) is 6.40. The summed E-state index contributed by atoms with van der Waals surface area (Å²) in [6.07, 6.45) is 3.79. The minimum atomic E-state index is 0.211. The van der Waals surface area contributed by atoms with Gasteiger partial charge in [-0.1, -0.05) is 25.1 Å². The summed E-state index contributed by atoms with van der Waals surface area (Å²) in [6.45, 7) is 7.41. The Balaban J connectivity index is 2.48. The topological polar surface area (TPSA) is 29.9 Å². The molecule has 1 N–H and O–H groups in total. The van der Waals surface area contributed by atoms with Crippen molar-refractivity contribution < 1.29 is 0 Å². The van der Waals surface area contributed by atoms with Crippen molar-refractivity contribution >= 4 is 0 Å². The van der Waals surface area contributed by atoms with Crippen LogP contribution in [0.2, 0.25) is 0 Å². The maximum absolute atomic E-state index is 4.23. The summed E-state index contributed by atoms with van der Waals surface area (Å²) in [4.78, 5) is 4.23. The molecule has 0 spiro atoms. The Morgan fingerprint density at radius 3 is 2.72 bits per heavy atom. The van der Waals surface area contributed by atoms with Gasteiger partial charge in [-0.2, -0.15) is 0 Å². The van der Waals surface area contributed by atoms with Crippen LogP contribution >= 0.6 is 0 Å². The molecule has 2 rings (SSSR count). The fourth-order valence-corrected chi connectivity index (χ4v) is 2.31. The van der Waals surface area contributed by atoms with Crippen LogP contribution in [0.5, 0.6) is 0 Å². The van der Waals surface area contributed by atoms with Gasteiger partial charge in [0.15, 0.2) is 0 Å². The van der Waals surface area contributed by atoms with Crippen LogP contribution in [0.4, 0.5) is 0 Å². The van der Waals surface area contributed by atoms with Gasteiger partial charge in [0.1, 0.15) is 0 Å². The van der Waals surface area contributed by atoms with Crippen LogP contribution in [0, 0.1) is 13.8 Å². The van der Waals surface area contributed by atoms with Gasteiger partial charge in [0, 0.05) is 7.05 Å². The highest BCUT2D eigenvalue weighted by Crippen LogP contribution is 2.25. The molecular formula is C15H21N3. The molecule has 0 saturated carbocycles. The number of aromatic nitrogens is 2. The van der Waals surface area contributed by atoms with Gasteiger partial charge in [-0.15, -0.1) is 0 Å². The predicted molar refractivity (Wildman–Crippen MR) is 74.6 cm³/mol. The van der Waals surface area contributed by atoms with Crippen molar-refractivity contribution in [1.82, 2.24) is 14.9 Å². The van der Waals surface area contributed by atoms with Crippen molar-refractivity contribution in [1.29, 1.82) is 0 Å². The summed E-state index contributed by atoms with van der Waals surface area (Å²) in [5.74, 6) is 0. The standard InChI is InChI=1S/C15H21N3/c1-5-17-15(14-9-16-10-18(14)4)13-8-6-7-11(2)12(13)3/h6-10,15,17H,5H2,1-4H3. The molecular weight excluding hydrogens is 222 g/mol. The molecule has 18 heavy (non-hydrogen) atoms. The van der Waals surface area contributed by atoms with Crippen molar-refractivity contribution in [3.63, 3.8) is 0 Å². The van der Waals surface area contributed by atoms with E-state index in [1.54, 1.807) is 0 Å². The zero-order valence-corrected chi connectivity index (χ0v) is 11.6. The van der Waals surface area contributed by atoms with E-state index in [0.717, 1.165) is 6.54 Å². The lowest BCUT2D eigenvalue weighted by atomic mass is 9.95. The van der Waals surface area contributed by atoms with Gasteiger partial charge in [-0.05, 0) is 37.1 Å². The summed E-state index contributed by atoms with van der Waals surface area (Å²) >= 11 is 0. The summed E-state index contributed by atoms with van der Waals surface area (Å²) in [5.41, 5.74) is 5.22. The van der Waals surface area contributed by atoms with Gasteiger partial charge < -0.3 is 9.88 Å². The molecule has 0 amide bonds. The highest BCUT2D eigenvalue weighted by atomic mass is 15.1. The van der Waals surface area contributed by atoms with Crippen LogP contribution in [0.15, 0.2) is 30.7 Å². The number of nitrogens with zero attached hydrogens (tertiary/aromatic N) is 2. The van der Waals surface area contributed by atoms with E-state index in [0.29, 0.717) is 0 Å². The van der Waals surface area contributed by atoms with Gasteiger partial charge >= 0.3 is 0 Å². The van der Waals surface area contributed by atoms with Crippen LogP contribution in [-0.2, 0) is 7.05 Å². The zero-order valence-electron chi connectivity index (χ0n) is 11.6. The summed E-state index contributed by atoms with van der Waals surface area (Å²) in [6, 6.07) is 6.69. The maximum Gasteiger partial charge on any atom is 0.0946 e. The van der Waals surface area contributed by atoms with E-state index in [2.05, 4.69) is 53.8 Å². The van der Waals surface area contributed by atoms with Crippen LogP contribution < -0.4 is 5.32 Å². The minimum absolute atomic E-state index is 0.211. The van der Waals surface area contributed by atoms with Gasteiger partial charge in [-0.3, -0.25) is 0 Å². The van der Waals surface area contributed by atoms with E-state index < -0.39 is 0 Å². The molecule has 0 aliphatic heterocycles. The second-order valence-electron chi connectivity index (χ2n) is 4.71. The Labute approximate surface area is 109 Å². The molecule has 0 aliphatic rings. The molecule has 2 aromatic rings. The molecule has 0 fully saturated rings. The smallest absolute Gasteiger partial charge is 0.0946 e. The van der Waals surface area contributed by atoms with Crippen molar-refractivity contribution in [2.75, 3.05) is 6.54 Å². The molecule has 0 radical (unpaired) electrons. The molecule has 1 unspecified atom stereocenters. The van der Waals surface area contributed by atoms with E-state index in [1.165, 1.54) is 22.4 Å². The van der Waals surface area contributed by atoms with Crippen LogP contribution in [-0.4, -0.2) is 16.1 Å². The van der Waals surface area contributed by atoms with Gasteiger partial charge in [0.2, 0.25) is 0 Å². The average Bonchev–Trinajstić information content (AvgIpc) is 2.76. The Morgan fingerprint density at radius 2 is 2.11 bits per heavy atom. The van der Waals surface area contributed by atoms with E-state index in [4.69, 9.17) is 0 Å². The first-order valence-electron chi connectivity index (χ1n) is 6.40. The molecule has 96 valence electrons. The van der Waals surface area contributed by atoms with Gasteiger partial charge in [-0.25, -0.2) is 4.98 Å². The fraction of sp³-hybridized carbons (Fsp3) is 0.400. The Morgan fingerprint density at radius 1 is 1.33 bits per heavy atom. The number of aryl methyl sites for hydroxylation is 2. The number of hydrogen-bond acceptors (Lipinski definition) is 2. The largest absolute Gasteiger partial charge is 0.336 e. The Hall–Kier alpha value is -1.61. The third-order valence-corrected chi connectivity index (χ3v) is 3.52. The van der Waals surface area contributed by atoms with Crippen molar-refractivity contribution in [2.45, 2.75) is 26.8 Å². The zero-order chi connectivity index (χ0) is 13.1. The summed E-state index contributed by atoms with van der Waals surface area (Å²) < 4.78 is 2.08. The minimum Gasteiger partial charge on any atom is -0.336 e. The number of nitrogens with one attached hydrogen (secondary N) is 1. The van der Waals surface area contributed by atoms with E-state index >= 15 is 0 Å². The third-order valence-electron chi connectivity index (χ3n) is 3.52. The number of benzene rings is 1. The van der Waals surface area contributed by atoms with E-state index in [-0.39, 0.29) is 6.04 Å². The first-order chi connectivity index (χ1) is 8.65. The average molecular weight is 243 g/mol. The monoisotopic (exact) mass is 243 g/mol. The van der Waals surface area contributed by atoms with E-state index in [9.17, 15) is 0 Å². The molecule has 0 saturated heterocycles. The van der Waals surface area contributed by atoms with Crippen LogP contribution in [0.3, 0.4) is 0 Å². The summed E-state index contributed by atoms with van der Waals surface area (Å²) in [7, 11) is 2.04. The number of rotatable bonds is 4. The highest BCUT2D eigenvalue weighted by Gasteiger charge is 2.18. The van der Waals surface area contributed by atoms with Crippen molar-refractivity contribution in [3.8, 4) is 0 Å². The lowest BCUT2D eigenvalue weighted by Crippen LogP contribution is -2.24. The van der Waals surface area contributed by atoms with Crippen LogP contribution in [0.25, 0.3) is 0 Å². The lowest BCUT2D eigenvalue weighted by molar-refractivity contribution is 0.591. The molecule has 1 atom stereocenters.